The normalized spacial score (nSPS) is 14.6. The summed E-state index contributed by atoms with van der Waals surface area (Å²) in [5.41, 5.74) is -0.531. The molecule has 0 bridgehead atoms. The Hall–Kier alpha value is -0.680. The van der Waals surface area contributed by atoms with E-state index in [1.165, 1.54) is 0 Å². The second kappa shape index (κ2) is 6.66. The van der Waals surface area contributed by atoms with Crippen LogP contribution in [0.5, 0.6) is 0 Å². The average molecular weight is 327 g/mol. The minimum absolute atomic E-state index is 0.0182. The van der Waals surface area contributed by atoms with Gasteiger partial charge in [-0.15, -0.1) is 0 Å². The summed E-state index contributed by atoms with van der Waals surface area (Å²) in [6.07, 6.45) is -0.762. The van der Waals surface area contributed by atoms with Crippen LogP contribution in [-0.4, -0.2) is 28.1 Å². The van der Waals surface area contributed by atoms with E-state index >= 15 is 0 Å². The molecule has 7 heteroatoms. The van der Waals surface area contributed by atoms with Crippen molar-refractivity contribution >= 4 is 40.9 Å². The summed E-state index contributed by atoms with van der Waals surface area (Å²) in [7, 11) is 0. The van der Waals surface area contributed by atoms with Crippen molar-refractivity contribution in [1.82, 2.24) is 5.32 Å². The number of benzene rings is 1. The van der Waals surface area contributed by atoms with E-state index in [0.717, 1.165) is 0 Å². The third kappa shape index (κ3) is 6.34. The van der Waals surface area contributed by atoms with Gasteiger partial charge in [0.15, 0.2) is 0 Å². The summed E-state index contributed by atoms with van der Waals surface area (Å²) in [5, 5.41) is 12.6. The second-order valence-electron chi connectivity index (χ2n) is 4.18. The van der Waals surface area contributed by atoms with Crippen LogP contribution in [0.3, 0.4) is 0 Å². The zero-order valence-corrected chi connectivity index (χ0v) is 12.5. The van der Waals surface area contributed by atoms with Gasteiger partial charge in [0, 0.05) is 0 Å². The van der Waals surface area contributed by atoms with Crippen molar-refractivity contribution in [2.75, 3.05) is 13.2 Å². The molecule has 1 unspecified atom stereocenters. The van der Waals surface area contributed by atoms with Crippen LogP contribution in [0.25, 0.3) is 0 Å². The van der Waals surface area contributed by atoms with E-state index in [0.29, 0.717) is 5.56 Å². The number of rotatable bonds is 4. The highest BCUT2D eigenvalue weighted by Crippen LogP contribution is 2.26. The Morgan fingerprint density at radius 1 is 1.32 bits per heavy atom. The highest BCUT2D eigenvalue weighted by atomic mass is 35.6. The van der Waals surface area contributed by atoms with E-state index in [-0.39, 0.29) is 13.2 Å². The number of carbonyl (C=O) groups is 1. The average Bonchev–Trinajstić information content (AvgIpc) is 2.34. The first-order chi connectivity index (χ1) is 8.71. The molecule has 0 aliphatic rings. The van der Waals surface area contributed by atoms with Crippen LogP contribution < -0.4 is 5.32 Å². The van der Waals surface area contributed by atoms with Crippen molar-refractivity contribution in [1.29, 1.82) is 0 Å². The van der Waals surface area contributed by atoms with Crippen LogP contribution in [0.2, 0.25) is 0 Å². The first kappa shape index (κ1) is 16.4. The lowest BCUT2D eigenvalue weighted by Crippen LogP contribution is -2.39. The molecule has 2 N–H and O–H groups in total. The quantitative estimate of drug-likeness (QED) is 0.836. The van der Waals surface area contributed by atoms with Gasteiger partial charge in [-0.25, -0.2) is 4.79 Å². The summed E-state index contributed by atoms with van der Waals surface area (Å²) >= 11 is 16.3. The molecule has 1 atom stereocenters. The molecule has 0 aromatic heterocycles. The molecular weight excluding hydrogens is 312 g/mol. The second-order valence-corrected chi connectivity index (χ2v) is 6.70. The van der Waals surface area contributed by atoms with Gasteiger partial charge in [-0.3, -0.25) is 0 Å². The van der Waals surface area contributed by atoms with E-state index in [4.69, 9.17) is 34.8 Å². The van der Waals surface area contributed by atoms with Crippen molar-refractivity contribution in [3.8, 4) is 0 Å². The lowest BCUT2D eigenvalue weighted by Gasteiger charge is -2.24. The van der Waals surface area contributed by atoms with Crippen LogP contribution in [0.15, 0.2) is 30.3 Å². The molecule has 0 spiro atoms. The Bertz CT molecular complexity index is 418. The molecule has 0 fully saturated rings. The highest BCUT2D eigenvalue weighted by Gasteiger charge is 2.25. The largest absolute Gasteiger partial charge is 0.445 e. The zero-order chi connectivity index (χ0) is 14.5. The van der Waals surface area contributed by atoms with Gasteiger partial charge in [0.05, 0.1) is 6.54 Å². The van der Waals surface area contributed by atoms with Crippen molar-refractivity contribution in [2.24, 2.45) is 0 Å². The number of amides is 1. The molecular formula is C12H14Cl3NO3. The molecule has 19 heavy (non-hydrogen) atoms. The third-order valence-electron chi connectivity index (χ3n) is 2.34. The van der Waals surface area contributed by atoms with Crippen molar-refractivity contribution in [3.63, 3.8) is 0 Å². The van der Waals surface area contributed by atoms with Crippen LogP contribution in [0.1, 0.15) is 12.5 Å². The van der Waals surface area contributed by atoms with Crippen molar-refractivity contribution in [2.45, 2.75) is 16.3 Å². The van der Waals surface area contributed by atoms with Gasteiger partial charge < -0.3 is 15.2 Å². The first-order valence-electron chi connectivity index (χ1n) is 5.46. The Morgan fingerprint density at radius 2 is 1.89 bits per heavy atom. The molecule has 0 aliphatic carbocycles. The SMILES string of the molecule is CC(O)(CNC(=O)OCC(Cl)(Cl)Cl)c1ccccc1. The van der Waals surface area contributed by atoms with Crippen molar-refractivity contribution < 1.29 is 14.6 Å². The van der Waals surface area contributed by atoms with E-state index < -0.39 is 15.5 Å². The van der Waals surface area contributed by atoms with Crippen LogP contribution >= 0.6 is 34.8 Å². The van der Waals surface area contributed by atoms with E-state index in [2.05, 4.69) is 10.1 Å². The van der Waals surface area contributed by atoms with Gasteiger partial charge in [0.2, 0.25) is 3.79 Å². The molecule has 0 saturated heterocycles. The number of hydrogen-bond acceptors (Lipinski definition) is 3. The predicted molar refractivity (Wildman–Crippen MR) is 75.7 cm³/mol. The maximum absolute atomic E-state index is 11.3. The van der Waals surface area contributed by atoms with Crippen molar-refractivity contribution in [3.05, 3.63) is 35.9 Å². The lowest BCUT2D eigenvalue weighted by molar-refractivity contribution is 0.0537. The fourth-order valence-corrected chi connectivity index (χ4v) is 1.51. The smallest absolute Gasteiger partial charge is 0.407 e. The van der Waals surface area contributed by atoms with E-state index in [9.17, 15) is 9.90 Å². The monoisotopic (exact) mass is 325 g/mol. The molecule has 1 aromatic carbocycles. The molecule has 106 valence electrons. The molecule has 1 rings (SSSR count). The van der Waals surface area contributed by atoms with Gasteiger partial charge in [-0.2, -0.15) is 0 Å². The minimum atomic E-state index is -1.65. The van der Waals surface area contributed by atoms with Gasteiger partial charge in [-0.1, -0.05) is 65.1 Å². The molecule has 4 nitrogen and oxygen atoms in total. The fraction of sp³-hybridized carbons (Fsp3) is 0.417. The topological polar surface area (TPSA) is 58.6 Å². The molecule has 1 aromatic rings. The van der Waals surface area contributed by atoms with Crippen LogP contribution in [-0.2, 0) is 10.3 Å². The van der Waals surface area contributed by atoms with Gasteiger partial charge in [-0.05, 0) is 12.5 Å². The number of nitrogens with one attached hydrogen (secondary N) is 1. The van der Waals surface area contributed by atoms with E-state index in [1.807, 2.05) is 6.07 Å². The molecule has 0 radical (unpaired) electrons. The summed E-state index contributed by atoms with van der Waals surface area (Å²) in [6, 6.07) is 8.95. The number of carbonyl (C=O) groups excluding carboxylic acids is 1. The first-order valence-corrected chi connectivity index (χ1v) is 6.59. The van der Waals surface area contributed by atoms with Gasteiger partial charge in [0.25, 0.3) is 0 Å². The third-order valence-corrected chi connectivity index (χ3v) is 2.67. The summed E-state index contributed by atoms with van der Waals surface area (Å²) in [4.78, 5) is 11.3. The summed E-state index contributed by atoms with van der Waals surface area (Å²) in [5.74, 6) is 0. The van der Waals surface area contributed by atoms with Crippen LogP contribution in [0.4, 0.5) is 4.79 Å². The Balaban J connectivity index is 2.45. The summed E-state index contributed by atoms with van der Waals surface area (Å²) in [6.45, 7) is 1.20. The highest BCUT2D eigenvalue weighted by molar-refractivity contribution is 6.67. The maximum Gasteiger partial charge on any atom is 0.407 e. The number of aliphatic hydroxyl groups is 1. The zero-order valence-electron chi connectivity index (χ0n) is 10.2. The fourth-order valence-electron chi connectivity index (χ4n) is 1.34. The number of hydrogen-bond donors (Lipinski definition) is 2. The minimum Gasteiger partial charge on any atom is -0.445 e. The number of ether oxygens (including phenoxy) is 1. The maximum atomic E-state index is 11.3. The predicted octanol–water partition coefficient (Wildman–Crippen LogP) is 2.99. The number of alkyl carbamates (subject to hydrolysis) is 1. The number of alkyl halides is 3. The number of halogens is 3. The molecule has 0 heterocycles. The Labute approximate surface area is 126 Å². The van der Waals surface area contributed by atoms with Gasteiger partial charge >= 0.3 is 6.09 Å². The Kier molecular flexibility index (Phi) is 5.74. The molecule has 1 amide bonds. The van der Waals surface area contributed by atoms with E-state index in [1.54, 1.807) is 31.2 Å². The van der Waals surface area contributed by atoms with Crippen LogP contribution in [0, 0.1) is 0 Å². The molecule has 0 saturated carbocycles. The standard InChI is InChI=1S/C12H14Cl3NO3/c1-11(18,9-5-3-2-4-6-9)7-16-10(17)19-8-12(13,14)15/h2-6,18H,7-8H2,1H3,(H,16,17). The van der Waals surface area contributed by atoms with Gasteiger partial charge in [0.1, 0.15) is 12.2 Å². The molecule has 0 aliphatic heterocycles. The lowest BCUT2D eigenvalue weighted by atomic mass is 9.96. The summed E-state index contributed by atoms with van der Waals surface area (Å²) < 4.78 is 3.03. The Morgan fingerprint density at radius 3 is 2.42 bits per heavy atom.